The zero-order chi connectivity index (χ0) is 18.9. The summed E-state index contributed by atoms with van der Waals surface area (Å²) in [5, 5.41) is 35.8. The van der Waals surface area contributed by atoms with Gasteiger partial charge in [0.25, 0.3) is 5.91 Å². The molecular weight excluding hydrogens is 363 g/mol. The molecule has 2 atom stereocenters. The van der Waals surface area contributed by atoms with E-state index in [1.807, 2.05) is 0 Å². The van der Waals surface area contributed by atoms with Gasteiger partial charge in [0.1, 0.15) is 6.61 Å². The van der Waals surface area contributed by atoms with Gasteiger partial charge < -0.3 is 30.0 Å². The average Bonchev–Trinajstić information content (AvgIpc) is 3.13. The van der Waals surface area contributed by atoms with Gasteiger partial charge in [-0.3, -0.25) is 9.59 Å². The first-order valence-electron chi connectivity index (χ1n) is 8.22. The number of hydrogen-bond acceptors (Lipinski definition) is 8. The van der Waals surface area contributed by atoms with Gasteiger partial charge in [-0.2, -0.15) is 0 Å². The fourth-order valence-corrected chi connectivity index (χ4v) is 3.21. The van der Waals surface area contributed by atoms with E-state index in [0.717, 1.165) is 0 Å². The summed E-state index contributed by atoms with van der Waals surface area (Å²) in [6.07, 6.45) is 0.900. The van der Waals surface area contributed by atoms with Crippen molar-refractivity contribution in [2.75, 3.05) is 13.2 Å². The highest BCUT2D eigenvalue weighted by Gasteiger charge is 2.37. The van der Waals surface area contributed by atoms with E-state index >= 15 is 0 Å². The third-order valence-corrected chi connectivity index (χ3v) is 4.66. The maximum atomic E-state index is 12.5. The van der Waals surface area contributed by atoms with Crippen LogP contribution in [-0.2, 0) is 19.1 Å². The summed E-state index contributed by atoms with van der Waals surface area (Å²) >= 11 is 1.31. The second-order valence-corrected chi connectivity index (χ2v) is 6.66. The van der Waals surface area contributed by atoms with Crippen LogP contribution >= 0.6 is 11.3 Å². The molecule has 0 unspecified atom stereocenters. The molecule has 1 amide bonds. The third kappa shape index (κ3) is 6.09. The maximum Gasteiger partial charge on any atom is 0.478 e. The van der Waals surface area contributed by atoms with Crippen LogP contribution in [-0.4, -0.2) is 65.2 Å². The van der Waals surface area contributed by atoms with E-state index in [2.05, 4.69) is 10.5 Å². The van der Waals surface area contributed by atoms with Gasteiger partial charge in [-0.25, -0.2) is 0 Å². The van der Waals surface area contributed by atoms with Crippen molar-refractivity contribution in [2.24, 2.45) is 5.16 Å². The molecule has 1 aliphatic rings. The van der Waals surface area contributed by atoms with Crippen molar-refractivity contribution >= 4 is 36.0 Å². The number of carboxylic acids is 1. The molecule has 1 aromatic rings. The average molecular weight is 384 g/mol. The van der Waals surface area contributed by atoms with Crippen LogP contribution in [0.4, 0.5) is 0 Å². The fourth-order valence-electron chi connectivity index (χ4n) is 2.51. The molecule has 1 fully saturated rings. The minimum atomic E-state index is -1.23. The smallest absolute Gasteiger partial charge is 0.478 e. The van der Waals surface area contributed by atoms with Crippen LogP contribution in [0.1, 0.15) is 30.6 Å². The van der Waals surface area contributed by atoms with Crippen molar-refractivity contribution in [3.63, 3.8) is 0 Å². The number of aliphatic hydroxyl groups is 1. The highest BCUT2D eigenvalue weighted by Crippen LogP contribution is 2.20. The van der Waals surface area contributed by atoms with Gasteiger partial charge in [-0.1, -0.05) is 11.2 Å². The summed E-state index contributed by atoms with van der Waals surface area (Å²) in [5.74, 6) is -2.08. The van der Waals surface area contributed by atoms with E-state index in [4.69, 9.17) is 19.7 Å². The van der Waals surface area contributed by atoms with Crippen molar-refractivity contribution in [2.45, 2.75) is 37.7 Å². The second-order valence-electron chi connectivity index (χ2n) is 5.71. The van der Waals surface area contributed by atoms with Gasteiger partial charge in [0.2, 0.25) is 0 Å². The standard InChI is InChI=1S/C15H21BN2O7S/c19-7-8-24-18-14(11-2-1-9-26-11)15(22)17-12-5-3-10(25-16(12)23)4-6-13(20)21/h1-2,9-10,12,19,23H,3-8H2,(H,17,22)(H,20,21)/b18-14+/t10-,12-/m0/s1. The number of carbonyl (C=O) groups excluding carboxylic acids is 1. The summed E-state index contributed by atoms with van der Waals surface area (Å²) in [7, 11) is -1.23. The predicted octanol–water partition coefficient (Wildman–Crippen LogP) is 0.00940. The number of carbonyl (C=O) groups is 2. The Morgan fingerprint density at radius 1 is 1.46 bits per heavy atom. The van der Waals surface area contributed by atoms with Gasteiger partial charge in [0.15, 0.2) is 5.71 Å². The lowest BCUT2D eigenvalue weighted by molar-refractivity contribution is -0.137. The number of rotatable bonds is 9. The van der Waals surface area contributed by atoms with Crippen molar-refractivity contribution < 1.29 is 34.3 Å². The first-order chi connectivity index (χ1) is 12.5. The van der Waals surface area contributed by atoms with Crippen molar-refractivity contribution in [3.8, 4) is 0 Å². The Balaban J connectivity index is 1.94. The molecule has 1 saturated heterocycles. The zero-order valence-corrected chi connectivity index (χ0v) is 14.9. The molecule has 0 aromatic carbocycles. The molecule has 0 bridgehead atoms. The largest absolute Gasteiger partial charge is 0.481 e. The molecule has 142 valence electrons. The monoisotopic (exact) mass is 384 g/mol. The summed E-state index contributed by atoms with van der Waals surface area (Å²) < 4.78 is 5.40. The lowest BCUT2D eigenvalue weighted by atomic mass is 9.72. The Hall–Kier alpha value is -1.95. The van der Waals surface area contributed by atoms with Crippen molar-refractivity contribution in [1.29, 1.82) is 0 Å². The fraction of sp³-hybridized carbons (Fsp3) is 0.533. The highest BCUT2D eigenvalue weighted by molar-refractivity contribution is 7.13. The minimum absolute atomic E-state index is 0.0359. The molecule has 1 aromatic heterocycles. The van der Waals surface area contributed by atoms with E-state index in [0.29, 0.717) is 24.1 Å². The molecule has 9 nitrogen and oxygen atoms in total. The summed E-state index contributed by atoms with van der Waals surface area (Å²) in [5.41, 5.74) is 0.0497. The molecule has 2 rings (SSSR count). The van der Waals surface area contributed by atoms with E-state index in [1.54, 1.807) is 17.5 Å². The first-order valence-corrected chi connectivity index (χ1v) is 9.10. The highest BCUT2D eigenvalue weighted by atomic mass is 32.1. The number of nitrogens with zero attached hydrogens (tertiary/aromatic N) is 1. The quantitative estimate of drug-likeness (QED) is 0.204. The SMILES string of the molecule is O=C(O)CC[C@@H]1CC[C@H](NC(=O)/C(=N/OCCO)c2cccs2)B(O)O1. The molecular formula is C15H21BN2O7S. The topological polar surface area (TPSA) is 138 Å². The van der Waals surface area contributed by atoms with Crippen LogP contribution in [0.5, 0.6) is 0 Å². The summed E-state index contributed by atoms with van der Waals surface area (Å²) in [4.78, 5) is 28.6. The van der Waals surface area contributed by atoms with Gasteiger partial charge in [0.05, 0.1) is 17.4 Å². The van der Waals surface area contributed by atoms with Gasteiger partial charge in [0, 0.05) is 12.5 Å². The Bertz CT molecular complexity index is 626. The number of nitrogens with one attached hydrogen (secondary N) is 1. The Morgan fingerprint density at radius 3 is 2.88 bits per heavy atom. The number of carboxylic acid groups (broad SMARTS) is 1. The molecule has 0 radical (unpaired) electrons. The molecule has 0 saturated carbocycles. The van der Waals surface area contributed by atoms with Crippen molar-refractivity contribution in [1.82, 2.24) is 5.32 Å². The van der Waals surface area contributed by atoms with Gasteiger partial charge in [-0.05, 0) is 30.7 Å². The Morgan fingerprint density at radius 2 is 2.27 bits per heavy atom. The van der Waals surface area contributed by atoms with E-state index in [1.165, 1.54) is 11.3 Å². The molecule has 0 spiro atoms. The number of oxime groups is 1. The third-order valence-electron chi connectivity index (χ3n) is 3.78. The van der Waals surface area contributed by atoms with Crippen LogP contribution in [0, 0.1) is 0 Å². The Labute approximate surface area is 154 Å². The number of aliphatic hydroxyl groups excluding tert-OH is 1. The van der Waals surface area contributed by atoms with E-state index in [9.17, 15) is 14.6 Å². The second kappa shape index (κ2) is 10.3. The molecule has 1 aliphatic heterocycles. The van der Waals surface area contributed by atoms with Crippen LogP contribution < -0.4 is 5.32 Å². The lowest BCUT2D eigenvalue weighted by Gasteiger charge is -2.31. The number of hydrogen-bond donors (Lipinski definition) is 4. The van der Waals surface area contributed by atoms with Crippen LogP contribution in [0.25, 0.3) is 0 Å². The molecule has 0 aliphatic carbocycles. The first kappa shape index (κ1) is 20.4. The number of aliphatic carboxylic acids is 1. The summed E-state index contributed by atoms with van der Waals surface area (Å²) in [6.45, 7) is -0.266. The summed E-state index contributed by atoms with van der Waals surface area (Å²) in [6, 6.07) is 3.47. The molecule has 4 N–H and O–H groups in total. The van der Waals surface area contributed by atoms with Crippen molar-refractivity contribution in [3.05, 3.63) is 22.4 Å². The van der Waals surface area contributed by atoms with Crippen LogP contribution in [0.3, 0.4) is 0 Å². The van der Waals surface area contributed by atoms with Crippen LogP contribution in [0.15, 0.2) is 22.7 Å². The van der Waals surface area contributed by atoms with Gasteiger partial charge >= 0.3 is 13.1 Å². The van der Waals surface area contributed by atoms with Crippen LogP contribution in [0.2, 0.25) is 0 Å². The zero-order valence-electron chi connectivity index (χ0n) is 14.0. The minimum Gasteiger partial charge on any atom is -0.481 e. The normalized spacial score (nSPS) is 20.7. The van der Waals surface area contributed by atoms with E-state index < -0.39 is 24.9 Å². The lowest BCUT2D eigenvalue weighted by Crippen LogP contribution is -2.54. The molecule has 2 heterocycles. The molecule has 11 heteroatoms. The van der Waals surface area contributed by atoms with Gasteiger partial charge in [-0.15, -0.1) is 11.3 Å². The number of amides is 1. The molecule has 26 heavy (non-hydrogen) atoms. The Kier molecular flexibility index (Phi) is 8.04. The predicted molar refractivity (Wildman–Crippen MR) is 94.8 cm³/mol. The number of thiophene rings is 1. The van der Waals surface area contributed by atoms with E-state index in [-0.39, 0.29) is 31.5 Å². The maximum absolute atomic E-state index is 12.5.